The number of benzene rings is 1. The first-order valence-corrected chi connectivity index (χ1v) is 3.87. The average molecular weight is 180 g/mol. The molecule has 1 aromatic carbocycles. The smallest absolute Gasteiger partial charge is 0.216 e. The quantitative estimate of drug-likeness (QED) is 0.438. The highest BCUT2D eigenvalue weighted by Crippen LogP contribution is 2.17. The van der Waals surface area contributed by atoms with Gasteiger partial charge in [0.2, 0.25) is 6.29 Å². The summed E-state index contributed by atoms with van der Waals surface area (Å²) in [5.74, 6) is 0. The average Bonchev–Trinajstić information content (AvgIpc) is 2.21. The van der Waals surface area contributed by atoms with E-state index < -0.39 is 6.29 Å². The van der Waals surface area contributed by atoms with Crippen molar-refractivity contribution >= 4 is 5.57 Å². The van der Waals surface area contributed by atoms with Gasteiger partial charge in [-0.15, -0.1) is 0 Å². The summed E-state index contributed by atoms with van der Waals surface area (Å²) >= 11 is 0. The van der Waals surface area contributed by atoms with Crippen LogP contribution in [-0.4, -0.2) is 18.7 Å². The van der Waals surface area contributed by atoms with Crippen LogP contribution in [0.1, 0.15) is 5.56 Å². The molecule has 0 heterocycles. The van der Waals surface area contributed by atoms with Crippen LogP contribution in [0.4, 0.5) is 0 Å². The van der Waals surface area contributed by atoms with Crippen LogP contribution in [0.25, 0.3) is 5.57 Å². The fourth-order valence-electron chi connectivity index (χ4n) is 1.04. The molecule has 0 fully saturated rings. The monoisotopic (exact) mass is 180 g/mol. The molecule has 0 saturated carbocycles. The SMILES string of the molecule is C=C(c1ccccc1)C(OC)OO. The molecule has 1 N–H and O–H groups in total. The highest BCUT2D eigenvalue weighted by Gasteiger charge is 2.12. The van der Waals surface area contributed by atoms with Crippen molar-refractivity contribution in [2.45, 2.75) is 6.29 Å². The van der Waals surface area contributed by atoms with Gasteiger partial charge >= 0.3 is 0 Å². The van der Waals surface area contributed by atoms with E-state index in [2.05, 4.69) is 11.5 Å². The van der Waals surface area contributed by atoms with Crippen LogP contribution < -0.4 is 0 Å². The maximum absolute atomic E-state index is 8.47. The Balaban J connectivity index is 2.78. The third kappa shape index (κ3) is 2.39. The summed E-state index contributed by atoms with van der Waals surface area (Å²) in [7, 11) is 1.44. The zero-order valence-electron chi connectivity index (χ0n) is 7.43. The van der Waals surface area contributed by atoms with E-state index in [9.17, 15) is 0 Å². The van der Waals surface area contributed by atoms with Crippen LogP contribution in [0.5, 0.6) is 0 Å². The predicted octanol–water partition coefficient (Wildman–Crippen LogP) is 2.16. The van der Waals surface area contributed by atoms with E-state index in [0.717, 1.165) is 5.56 Å². The van der Waals surface area contributed by atoms with Gasteiger partial charge in [-0.05, 0) is 5.56 Å². The molecule has 0 spiro atoms. The molecule has 0 aromatic heterocycles. The molecular formula is C10H12O3. The molecule has 1 unspecified atom stereocenters. The van der Waals surface area contributed by atoms with Crippen molar-refractivity contribution < 1.29 is 14.9 Å². The van der Waals surface area contributed by atoms with Gasteiger partial charge in [0, 0.05) is 12.7 Å². The van der Waals surface area contributed by atoms with Crippen molar-refractivity contribution in [2.24, 2.45) is 0 Å². The summed E-state index contributed by atoms with van der Waals surface area (Å²) in [4.78, 5) is 4.09. The molecule has 1 aromatic rings. The number of hydrogen-bond donors (Lipinski definition) is 1. The molecule has 0 saturated heterocycles. The second-order valence-corrected chi connectivity index (χ2v) is 2.56. The van der Waals surface area contributed by atoms with E-state index in [1.54, 1.807) is 0 Å². The summed E-state index contributed by atoms with van der Waals surface area (Å²) < 4.78 is 4.84. The first-order valence-electron chi connectivity index (χ1n) is 3.87. The summed E-state index contributed by atoms with van der Waals surface area (Å²) in [6.45, 7) is 3.76. The molecule has 70 valence electrons. The van der Waals surface area contributed by atoms with Crippen molar-refractivity contribution in [3.8, 4) is 0 Å². The largest absolute Gasteiger partial charge is 0.349 e. The van der Waals surface area contributed by atoms with Gasteiger partial charge < -0.3 is 4.74 Å². The van der Waals surface area contributed by atoms with Gasteiger partial charge in [-0.2, -0.15) is 0 Å². The van der Waals surface area contributed by atoms with Gasteiger partial charge in [0.05, 0.1) is 0 Å². The zero-order valence-corrected chi connectivity index (χ0v) is 7.43. The zero-order chi connectivity index (χ0) is 9.68. The Labute approximate surface area is 77.2 Å². The molecule has 0 bridgehead atoms. The molecule has 0 amide bonds. The van der Waals surface area contributed by atoms with Crippen LogP contribution in [0.15, 0.2) is 36.9 Å². The fourth-order valence-corrected chi connectivity index (χ4v) is 1.04. The molecule has 0 aliphatic rings. The van der Waals surface area contributed by atoms with Crippen LogP contribution in [-0.2, 0) is 9.62 Å². The Hall–Kier alpha value is -1.16. The summed E-state index contributed by atoms with van der Waals surface area (Å²) in [5, 5.41) is 8.47. The molecule has 3 heteroatoms. The second kappa shape index (κ2) is 4.77. The van der Waals surface area contributed by atoms with E-state index in [4.69, 9.17) is 9.99 Å². The second-order valence-electron chi connectivity index (χ2n) is 2.56. The van der Waals surface area contributed by atoms with Gasteiger partial charge in [0.15, 0.2) is 0 Å². The summed E-state index contributed by atoms with van der Waals surface area (Å²) in [6, 6.07) is 9.40. The maximum Gasteiger partial charge on any atom is 0.216 e. The Morgan fingerprint density at radius 3 is 2.46 bits per heavy atom. The van der Waals surface area contributed by atoms with Crippen LogP contribution in [0.3, 0.4) is 0 Å². The molecule has 0 radical (unpaired) electrons. The molecule has 0 aliphatic carbocycles. The van der Waals surface area contributed by atoms with Crippen LogP contribution >= 0.6 is 0 Å². The van der Waals surface area contributed by atoms with E-state index in [-0.39, 0.29) is 0 Å². The van der Waals surface area contributed by atoms with Crippen molar-refractivity contribution in [3.05, 3.63) is 42.5 Å². The minimum absolute atomic E-state index is 0.589. The minimum Gasteiger partial charge on any atom is -0.349 e. The van der Waals surface area contributed by atoms with Gasteiger partial charge in [0.25, 0.3) is 0 Å². The van der Waals surface area contributed by atoms with Gasteiger partial charge in [0.1, 0.15) is 0 Å². The highest BCUT2D eigenvalue weighted by molar-refractivity contribution is 5.65. The number of hydrogen-bond acceptors (Lipinski definition) is 3. The lowest BCUT2D eigenvalue weighted by Gasteiger charge is -2.13. The standard InChI is InChI=1S/C10H12O3/c1-8(10(12-2)13-11)9-6-4-3-5-7-9/h3-7,10-11H,1H2,2H3. The molecule has 0 aliphatic heterocycles. The maximum atomic E-state index is 8.47. The highest BCUT2D eigenvalue weighted by atomic mass is 17.1. The lowest BCUT2D eigenvalue weighted by atomic mass is 10.1. The Morgan fingerprint density at radius 1 is 1.38 bits per heavy atom. The first-order chi connectivity index (χ1) is 6.29. The molecule has 1 rings (SSSR count). The number of rotatable bonds is 4. The van der Waals surface area contributed by atoms with Gasteiger partial charge in [-0.25, -0.2) is 10.1 Å². The van der Waals surface area contributed by atoms with Crippen LogP contribution in [0.2, 0.25) is 0 Å². The van der Waals surface area contributed by atoms with Crippen molar-refractivity contribution in [1.82, 2.24) is 0 Å². The summed E-state index contributed by atoms with van der Waals surface area (Å²) in [5.41, 5.74) is 1.47. The molecular weight excluding hydrogens is 168 g/mol. The predicted molar refractivity (Wildman–Crippen MR) is 50.0 cm³/mol. The van der Waals surface area contributed by atoms with Crippen LogP contribution in [0, 0.1) is 0 Å². The number of ether oxygens (including phenoxy) is 1. The number of methoxy groups -OCH3 is 1. The lowest BCUT2D eigenvalue weighted by Crippen LogP contribution is -2.14. The molecule has 13 heavy (non-hydrogen) atoms. The summed E-state index contributed by atoms with van der Waals surface area (Å²) in [6.07, 6.45) is -0.803. The van der Waals surface area contributed by atoms with Gasteiger partial charge in [-0.1, -0.05) is 36.9 Å². The Bertz CT molecular complexity index is 265. The third-order valence-corrected chi connectivity index (χ3v) is 1.74. The van der Waals surface area contributed by atoms with Crippen molar-refractivity contribution in [3.63, 3.8) is 0 Å². The molecule has 1 atom stereocenters. The first kappa shape index (κ1) is 9.92. The third-order valence-electron chi connectivity index (χ3n) is 1.74. The Morgan fingerprint density at radius 2 is 2.00 bits per heavy atom. The van der Waals surface area contributed by atoms with E-state index in [1.807, 2.05) is 30.3 Å². The van der Waals surface area contributed by atoms with Crippen molar-refractivity contribution in [2.75, 3.05) is 7.11 Å². The fraction of sp³-hybridized carbons (Fsp3) is 0.200. The minimum atomic E-state index is -0.803. The molecule has 3 nitrogen and oxygen atoms in total. The van der Waals surface area contributed by atoms with E-state index >= 15 is 0 Å². The van der Waals surface area contributed by atoms with E-state index in [1.165, 1.54) is 7.11 Å². The normalized spacial score (nSPS) is 12.5. The van der Waals surface area contributed by atoms with E-state index in [0.29, 0.717) is 5.57 Å². The van der Waals surface area contributed by atoms with Crippen molar-refractivity contribution in [1.29, 1.82) is 0 Å². The van der Waals surface area contributed by atoms with Gasteiger partial charge in [-0.3, -0.25) is 0 Å². The topological polar surface area (TPSA) is 38.7 Å². The lowest BCUT2D eigenvalue weighted by molar-refractivity contribution is -0.319. The Kier molecular flexibility index (Phi) is 3.64.